The summed E-state index contributed by atoms with van der Waals surface area (Å²) in [5.41, 5.74) is -0.314. The molecule has 0 amide bonds. The van der Waals surface area contributed by atoms with Crippen molar-refractivity contribution in [2.24, 2.45) is 4.99 Å². The SMILES string of the molecule is CCC1C=CCCC2(CC3CCC4=C(C(=O)O)C5(CCCC(C)O5)N=C(N2)N43)O1. The number of nitrogens with one attached hydrogen (secondary N) is 1. The van der Waals surface area contributed by atoms with Gasteiger partial charge in [-0.1, -0.05) is 19.1 Å². The summed E-state index contributed by atoms with van der Waals surface area (Å²) in [7, 11) is 0. The zero-order chi connectivity index (χ0) is 20.2. The Morgan fingerprint density at radius 1 is 1.38 bits per heavy atom. The molecule has 158 valence electrons. The summed E-state index contributed by atoms with van der Waals surface area (Å²) >= 11 is 0. The fraction of sp³-hybridized carbons (Fsp3) is 0.727. The van der Waals surface area contributed by atoms with Crippen LogP contribution in [-0.4, -0.2) is 51.6 Å². The average molecular weight is 402 g/mol. The Kier molecular flexibility index (Phi) is 4.51. The third-order valence-corrected chi connectivity index (χ3v) is 7.05. The minimum Gasteiger partial charge on any atom is -0.478 e. The zero-order valence-electron chi connectivity index (χ0n) is 17.3. The fourth-order valence-corrected chi connectivity index (χ4v) is 5.79. The second-order valence-electron chi connectivity index (χ2n) is 9.08. The van der Waals surface area contributed by atoms with E-state index < -0.39 is 17.4 Å². The Labute approximate surface area is 171 Å². The van der Waals surface area contributed by atoms with E-state index in [4.69, 9.17) is 14.5 Å². The van der Waals surface area contributed by atoms with Gasteiger partial charge in [0.1, 0.15) is 11.3 Å². The molecule has 29 heavy (non-hydrogen) atoms. The molecular formula is C22H31N3O4. The molecule has 5 heterocycles. The lowest BCUT2D eigenvalue weighted by Crippen LogP contribution is -2.66. The molecule has 5 unspecified atom stereocenters. The number of ether oxygens (including phenoxy) is 2. The van der Waals surface area contributed by atoms with Crippen LogP contribution in [0.3, 0.4) is 0 Å². The minimum absolute atomic E-state index is 0.00727. The summed E-state index contributed by atoms with van der Waals surface area (Å²) in [6.45, 7) is 4.15. The highest BCUT2D eigenvalue weighted by molar-refractivity contribution is 5.96. The molecule has 2 spiro atoms. The van der Waals surface area contributed by atoms with Crippen molar-refractivity contribution in [1.29, 1.82) is 0 Å². The van der Waals surface area contributed by atoms with Crippen molar-refractivity contribution < 1.29 is 19.4 Å². The molecule has 5 aliphatic rings. The molecule has 7 heteroatoms. The molecule has 0 bridgehead atoms. The van der Waals surface area contributed by atoms with Gasteiger partial charge in [-0.05, 0) is 51.9 Å². The molecule has 3 saturated heterocycles. The van der Waals surface area contributed by atoms with Crippen molar-refractivity contribution in [3.63, 3.8) is 0 Å². The van der Waals surface area contributed by atoms with E-state index in [9.17, 15) is 9.90 Å². The van der Waals surface area contributed by atoms with Crippen molar-refractivity contribution in [3.8, 4) is 0 Å². The average Bonchev–Trinajstić information content (AvgIpc) is 2.96. The van der Waals surface area contributed by atoms with Gasteiger partial charge in [0.15, 0.2) is 5.72 Å². The lowest BCUT2D eigenvalue weighted by molar-refractivity contribution is -0.143. The van der Waals surface area contributed by atoms with Crippen LogP contribution in [0.25, 0.3) is 0 Å². The molecule has 7 nitrogen and oxygen atoms in total. The molecule has 5 rings (SSSR count). The summed E-state index contributed by atoms with van der Waals surface area (Å²) in [5.74, 6) is -0.164. The van der Waals surface area contributed by atoms with Gasteiger partial charge in [-0.25, -0.2) is 9.79 Å². The van der Waals surface area contributed by atoms with E-state index in [-0.39, 0.29) is 18.2 Å². The number of rotatable bonds is 2. The first-order chi connectivity index (χ1) is 14.0. The predicted molar refractivity (Wildman–Crippen MR) is 108 cm³/mol. The van der Waals surface area contributed by atoms with Gasteiger partial charge in [-0.15, -0.1) is 0 Å². The number of hydrogen-bond donors (Lipinski definition) is 2. The summed E-state index contributed by atoms with van der Waals surface area (Å²) in [4.78, 5) is 19.5. The number of guanidine groups is 1. The quantitative estimate of drug-likeness (QED) is 0.691. The molecule has 2 N–H and O–H groups in total. The second kappa shape index (κ2) is 6.84. The largest absolute Gasteiger partial charge is 0.478 e. The van der Waals surface area contributed by atoms with Gasteiger partial charge in [0.25, 0.3) is 0 Å². The van der Waals surface area contributed by atoms with Gasteiger partial charge in [0.05, 0.1) is 12.2 Å². The number of carboxylic acids is 1. The first-order valence-corrected chi connectivity index (χ1v) is 11.1. The lowest BCUT2D eigenvalue weighted by Gasteiger charge is -2.51. The van der Waals surface area contributed by atoms with Crippen molar-refractivity contribution >= 4 is 11.9 Å². The van der Waals surface area contributed by atoms with Crippen LogP contribution >= 0.6 is 0 Å². The van der Waals surface area contributed by atoms with E-state index in [0.717, 1.165) is 63.0 Å². The van der Waals surface area contributed by atoms with Gasteiger partial charge in [-0.2, -0.15) is 0 Å². The summed E-state index contributed by atoms with van der Waals surface area (Å²) in [6.07, 6.45) is 12.2. The van der Waals surface area contributed by atoms with Gasteiger partial charge in [0, 0.05) is 24.6 Å². The molecule has 0 aromatic heterocycles. The Morgan fingerprint density at radius 3 is 3.00 bits per heavy atom. The number of nitrogens with zero attached hydrogens (tertiary/aromatic N) is 2. The second-order valence-corrected chi connectivity index (χ2v) is 9.08. The van der Waals surface area contributed by atoms with Crippen LogP contribution in [0, 0.1) is 0 Å². The third-order valence-electron chi connectivity index (χ3n) is 7.05. The molecule has 0 aromatic carbocycles. The maximum Gasteiger partial charge on any atom is 0.338 e. The molecule has 5 atom stereocenters. The van der Waals surface area contributed by atoms with E-state index in [1.165, 1.54) is 0 Å². The van der Waals surface area contributed by atoms with Gasteiger partial charge in [-0.3, -0.25) is 0 Å². The summed E-state index contributed by atoms with van der Waals surface area (Å²) < 4.78 is 12.9. The van der Waals surface area contributed by atoms with Crippen LogP contribution < -0.4 is 5.32 Å². The number of carbonyl (C=O) groups is 1. The number of allylic oxidation sites excluding steroid dienone is 2. The van der Waals surface area contributed by atoms with Crippen molar-refractivity contribution in [2.75, 3.05) is 0 Å². The molecular weight excluding hydrogens is 370 g/mol. The highest BCUT2D eigenvalue weighted by Crippen LogP contribution is 2.48. The Hall–Kier alpha value is -1.86. The van der Waals surface area contributed by atoms with E-state index in [0.29, 0.717) is 12.0 Å². The topological polar surface area (TPSA) is 83.4 Å². The van der Waals surface area contributed by atoms with Crippen molar-refractivity contribution in [1.82, 2.24) is 10.2 Å². The van der Waals surface area contributed by atoms with Crippen molar-refractivity contribution in [3.05, 3.63) is 23.4 Å². The molecule has 0 radical (unpaired) electrons. The monoisotopic (exact) mass is 401 g/mol. The predicted octanol–water partition coefficient (Wildman–Crippen LogP) is 3.28. The van der Waals surface area contributed by atoms with Gasteiger partial charge >= 0.3 is 5.97 Å². The normalized spacial score (nSPS) is 41.2. The number of aliphatic carboxylic acids is 1. The van der Waals surface area contributed by atoms with Gasteiger partial charge < -0.3 is 24.8 Å². The van der Waals surface area contributed by atoms with E-state index in [1.54, 1.807) is 0 Å². The van der Waals surface area contributed by atoms with Crippen LogP contribution in [0.15, 0.2) is 28.4 Å². The minimum atomic E-state index is -1.09. The number of carboxylic acid groups (broad SMARTS) is 1. The Balaban J connectivity index is 1.57. The fourth-order valence-electron chi connectivity index (χ4n) is 5.79. The van der Waals surface area contributed by atoms with Gasteiger partial charge in [0.2, 0.25) is 5.96 Å². The van der Waals surface area contributed by atoms with Crippen LogP contribution in [0.1, 0.15) is 71.6 Å². The number of aliphatic imine (C=N–C) groups is 1. The van der Waals surface area contributed by atoms with E-state index in [1.807, 2.05) is 6.92 Å². The van der Waals surface area contributed by atoms with E-state index in [2.05, 4.69) is 29.3 Å². The first-order valence-electron chi connectivity index (χ1n) is 11.1. The van der Waals surface area contributed by atoms with E-state index >= 15 is 0 Å². The first kappa shape index (κ1) is 19.1. The van der Waals surface area contributed by atoms with Crippen LogP contribution in [0.4, 0.5) is 0 Å². The highest BCUT2D eigenvalue weighted by Gasteiger charge is 2.56. The van der Waals surface area contributed by atoms with Crippen LogP contribution in [0.5, 0.6) is 0 Å². The molecule has 0 aromatic rings. The smallest absolute Gasteiger partial charge is 0.338 e. The molecule has 3 fully saturated rings. The maximum absolute atomic E-state index is 12.3. The summed E-state index contributed by atoms with van der Waals surface area (Å²) in [5, 5.41) is 13.7. The van der Waals surface area contributed by atoms with Crippen LogP contribution in [0.2, 0.25) is 0 Å². The molecule has 0 saturated carbocycles. The Morgan fingerprint density at radius 2 is 2.24 bits per heavy atom. The number of hydrogen-bond acceptors (Lipinski definition) is 6. The maximum atomic E-state index is 12.3. The van der Waals surface area contributed by atoms with Crippen molar-refractivity contribution in [2.45, 2.75) is 101 Å². The lowest BCUT2D eigenvalue weighted by atomic mass is 9.89. The Bertz CT molecular complexity index is 806. The molecule has 5 aliphatic heterocycles. The molecule has 0 aliphatic carbocycles. The zero-order valence-corrected chi connectivity index (χ0v) is 17.3. The highest BCUT2D eigenvalue weighted by atomic mass is 16.5. The summed E-state index contributed by atoms with van der Waals surface area (Å²) in [6, 6.07) is 0.216. The standard InChI is InChI=1S/C22H31N3O4/c1-3-16-8-4-5-11-21(29-16)13-15-9-10-17-18(19(26)27)22(12-6-7-14(2)28-22)24-20(23-21)25(15)17/h4,8,14-16H,3,5-7,9-13H2,1-2H3,(H,23,24)(H,26,27). The van der Waals surface area contributed by atoms with Crippen LogP contribution in [-0.2, 0) is 14.3 Å². The third kappa shape index (κ3) is 3.01.